The highest BCUT2D eigenvalue weighted by Crippen LogP contribution is 2.30. The van der Waals surface area contributed by atoms with E-state index < -0.39 is 5.64 Å². The van der Waals surface area contributed by atoms with Gasteiger partial charge >= 0.3 is 5.64 Å². The second-order valence-corrected chi connectivity index (χ2v) is 17.2. The molecule has 2 saturated heterocycles. The average molecular weight is 386 g/mol. The molecule has 0 amide bonds. The maximum atomic E-state index is 4.02. The van der Waals surface area contributed by atoms with E-state index in [1.54, 1.807) is 0 Å². The summed E-state index contributed by atoms with van der Waals surface area (Å²) in [6.07, 6.45) is 0. The molecule has 2 heterocycles. The highest BCUT2D eigenvalue weighted by Gasteiger charge is 2.43. The molecule has 17 heavy (non-hydrogen) atoms. The Morgan fingerprint density at radius 3 is 1.24 bits per heavy atom. The van der Waals surface area contributed by atoms with Crippen molar-refractivity contribution in [1.82, 2.24) is 18.9 Å². The molecule has 0 aromatic carbocycles. The molecule has 2 aliphatic heterocycles. The van der Waals surface area contributed by atoms with E-state index >= 15 is 0 Å². The molecule has 0 N–H and O–H groups in total. The minimum absolute atomic E-state index is 1.17. The summed E-state index contributed by atoms with van der Waals surface area (Å²) in [4.78, 5) is 4.82. The fourth-order valence-corrected chi connectivity index (χ4v) is 8.48. The molecular weight excluding hydrogens is 364 g/mol. The summed E-state index contributed by atoms with van der Waals surface area (Å²) >= 11 is 8.03. The van der Waals surface area contributed by atoms with Crippen LogP contribution in [0.2, 0.25) is 0 Å². The normalized spacial score (nSPS) is 27.5. The van der Waals surface area contributed by atoms with Gasteiger partial charge in [-0.25, -0.2) is 0 Å². The van der Waals surface area contributed by atoms with Gasteiger partial charge in [0.1, 0.15) is 0 Å². The molecule has 0 spiro atoms. The van der Waals surface area contributed by atoms with Crippen LogP contribution < -0.4 is 0 Å². The summed E-state index contributed by atoms with van der Waals surface area (Å²) in [5, 5.41) is 0. The van der Waals surface area contributed by atoms with Crippen molar-refractivity contribution in [3.8, 4) is 0 Å². The Morgan fingerprint density at radius 1 is 0.647 bits per heavy atom. The van der Waals surface area contributed by atoms with Gasteiger partial charge in [-0.1, -0.05) is 30.6 Å². The van der Waals surface area contributed by atoms with Crippen molar-refractivity contribution < 1.29 is 0 Å². The van der Waals surface area contributed by atoms with Crippen LogP contribution in [0.1, 0.15) is 0 Å². The lowest BCUT2D eigenvalue weighted by Gasteiger charge is -2.46. The largest absolute Gasteiger partial charge is 0.354 e. The molecule has 0 radical (unpaired) electrons. The third-order valence-corrected chi connectivity index (χ3v) is 12.2. The number of rotatable bonds is 2. The van der Waals surface area contributed by atoms with Crippen LogP contribution in [0.4, 0.5) is 0 Å². The predicted molar refractivity (Wildman–Crippen MR) is 81.7 cm³/mol. The van der Waals surface area contributed by atoms with E-state index in [-0.39, 0.29) is 0 Å². The first-order chi connectivity index (χ1) is 8.00. The second kappa shape index (κ2) is 5.98. The molecule has 0 atom stereocenters. The monoisotopic (exact) mass is 384 g/mol. The van der Waals surface area contributed by atoms with E-state index in [1.807, 2.05) is 0 Å². The zero-order valence-electron chi connectivity index (χ0n) is 10.7. The molecule has 0 aromatic rings. The van der Waals surface area contributed by atoms with Crippen LogP contribution in [-0.4, -0.2) is 91.0 Å². The molecule has 0 saturated carbocycles. The van der Waals surface area contributed by atoms with Crippen molar-refractivity contribution in [2.45, 2.75) is 0 Å². The Labute approximate surface area is 121 Å². The predicted octanol–water partition coefficient (Wildman–Crippen LogP) is 0.707. The summed E-state index contributed by atoms with van der Waals surface area (Å²) in [7, 11) is 4.41. The Balaban J connectivity index is 1.93. The van der Waals surface area contributed by atoms with Crippen molar-refractivity contribution >= 4 is 36.2 Å². The van der Waals surface area contributed by atoms with Gasteiger partial charge in [-0.2, -0.15) is 0 Å². The maximum Gasteiger partial charge on any atom is 0.354 e. The molecule has 7 heteroatoms. The van der Waals surface area contributed by atoms with Crippen LogP contribution in [0.3, 0.4) is 0 Å². The zero-order chi connectivity index (χ0) is 12.5. The van der Waals surface area contributed by atoms with Crippen molar-refractivity contribution in [3.63, 3.8) is 0 Å². The van der Waals surface area contributed by atoms with E-state index in [9.17, 15) is 0 Å². The molecule has 100 valence electrons. The fraction of sp³-hybridized carbons (Fsp3) is 1.00. The SMILES string of the molecule is CN1CCN([Si](Br)(Br)N2CCN(C)CC2)CC1. The first kappa shape index (κ1) is 14.4. The van der Waals surface area contributed by atoms with Gasteiger partial charge in [0.25, 0.3) is 0 Å². The summed E-state index contributed by atoms with van der Waals surface area (Å²) < 4.78 is 5.25. The molecule has 2 fully saturated rings. The van der Waals surface area contributed by atoms with E-state index in [0.29, 0.717) is 0 Å². The first-order valence-corrected chi connectivity index (χ1v) is 12.7. The van der Waals surface area contributed by atoms with Crippen molar-refractivity contribution in [2.24, 2.45) is 0 Å². The van der Waals surface area contributed by atoms with E-state index in [0.717, 1.165) is 0 Å². The second-order valence-electron chi connectivity index (χ2n) is 5.09. The van der Waals surface area contributed by atoms with Crippen molar-refractivity contribution in [1.29, 1.82) is 0 Å². The van der Waals surface area contributed by atoms with Crippen molar-refractivity contribution in [2.75, 3.05) is 66.5 Å². The van der Waals surface area contributed by atoms with Crippen LogP contribution in [0.25, 0.3) is 0 Å². The van der Waals surface area contributed by atoms with Gasteiger partial charge in [-0.05, 0) is 14.1 Å². The lowest BCUT2D eigenvalue weighted by atomic mass is 10.4. The number of hydrogen-bond donors (Lipinski definition) is 0. The molecule has 0 aromatic heterocycles. The van der Waals surface area contributed by atoms with Crippen LogP contribution in [-0.2, 0) is 0 Å². The lowest BCUT2D eigenvalue weighted by molar-refractivity contribution is 0.184. The van der Waals surface area contributed by atoms with Crippen molar-refractivity contribution in [3.05, 3.63) is 0 Å². The number of nitrogens with zero attached hydrogens (tertiary/aromatic N) is 4. The Bertz CT molecular complexity index is 227. The maximum absolute atomic E-state index is 4.02. The molecule has 2 rings (SSSR count). The fourth-order valence-electron chi connectivity index (χ4n) is 2.35. The summed E-state index contributed by atoms with van der Waals surface area (Å²) in [5.74, 6) is 0. The van der Waals surface area contributed by atoms with Gasteiger partial charge in [-0.3, -0.25) is 9.13 Å². The standard InChI is InChI=1S/C10H22Br2N4Si/c1-13-3-7-15(8-4-13)17(11,12)16-9-5-14(2)6-10-16/h3-10H2,1-2H3. The van der Waals surface area contributed by atoms with Gasteiger partial charge in [0.15, 0.2) is 0 Å². The Hall–Kier alpha value is 1.02. The number of piperazine rings is 2. The molecule has 0 bridgehead atoms. The third kappa shape index (κ3) is 3.52. The van der Waals surface area contributed by atoms with Crippen LogP contribution in [0.5, 0.6) is 0 Å². The molecule has 0 unspecified atom stereocenters. The molecule has 0 aliphatic carbocycles. The van der Waals surface area contributed by atoms with Crippen LogP contribution in [0.15, 0.2) is 0 Å². The van der Waals surface area contributed by atoms with Gasteiger partial charge in [-0.15, -0.1) is 0 Å². The number of halogens is 2. The molecule has 4 nitrogen and oxygen atoms in total. The number of likely N-dealkylation sites (N-methyl/N-ethyl adjacent to an activating group) is 2. The van der Waals surface area contributed by atoms with Crippen LogP contribution >= 0.6 is 30.6 Å². The van der Waals surface area contributed by atoms with Crippen LogP contribution in [0, 0.1) is 0 Å². The topological polar surface area (TPSA) is 13.0 Å². The minimum atomic E-state index is -1.72. The van der Waals surface area contributed by atoms with Gasteiger partial charge in [0, 0.05) is 52.4 Å². The molecular formula is C10H22Br2N4Si. The zero-order valence-corrected chi connectivity index (χ0v) is 14.9. The van der Waals surface area contributed by atoms with E-state index in [4.69, 9.17) is 0 Å². The van der Waals surface area contributed by atoms with E-state index in [2.05, 4.69) is 63.6 Å². The highest BCUT2D eigenvalue weighted by molar-refractivity contribution is 9.50. The Kier molecular flexibility index (Phi) is 5.08. The average Bonchev–Trinajstić information content (AvgIpc) is 2.30. The summed E-state index contributed by atoms with van der Waals surface area (Å²) in [5.41, 5.74) is -1.72. The van der Waals surface area contributed by atoms with E-state index in [1.165, 1.54) is 52.4 Å². The summed E-state index contributed by atoms with van der Waals surface area (Å²) in [6, 6.07) is 0. The minimum Gasteiger partial charge on any atom is -0.304 e. The molecule has 2 aliphatic rings. The summed E-state index contributed by atoms with van der Waals surface area (Å²) in [6.45, 7) is 9.41. The van der Waals surface area contributed by atoms with Gasteiger partial charge in [0.05, 0.1) is 0 Å². The third-order valence-electron chi connectivity index (χ3n) is 3.77. The van der Waals surface area contributed by atoms with Gasteiger partial charge in [0.2, 0.25) is 0 Å². The highest BCUT2D eigenvalue weighted by atomic mass is 79.9. The quantitative estimate of drug-likeness (QED) is 0.512. The van der Waals surface area contributed by atoms with Gasteiger partial charge < -0.3 is 9.80 Å². The first-order valence-electron chi connectivity index (χ1n) is 6.25. The number of hydrogen-bond acceptors (Lipinski definition) is 4. The Morgan fingerprint density at radius 2 is 0.941 bits per heavy atom. The smallest absolute Gasteiger partial charge is 0.304 e. The lowest BCUT2D eigenvalue weighted by Crippen LogP contribution is -2.65.